The van der Waals surface area contributed by atoms with E-state index in [1.807, 2.05) is 0 Å². The molecule has 0 aromatic heterocycles. The van der Waals surface area contributed by atoms with Crippen LogP contribution in [0.3, 0.4) is 0 Å². The van der Waals surface area contributed by atoms with Gasteiger partial charge in [-0.2, -0.15) is 0 Å². The summed E-state index contributed by atoms with van der Waals surface area (Å²) in [5.41, 5.74) is 18.3. The zero-order chi connectivity index (χ0) is 37.8. The van der Waals surface area contributed by atoms with Crippen molar-refractivity contribution < 1.29 is 0 Å². The van der Waals surface area contributed by atoms with Crippen molar-refractivity contribution in [2.24, 2.45) is 0 Å². The second-order valence-corrected chi connectivity index (χ2v) is 18.6. The molecule has 0 unspecified atom stereocenters. The molecule has 0 amide bonds. The summed E-state index contributed by atoms with van der Waals surface area (Å²) in [7, 11) is 0. The number of rotatable bonds is 6. The van der Waals surface area contributed by atoms with E-state index in [2.05, 4.69) is 194 Å². The highest BCUT2D eigenvalue weighted by atomic mass is 15.1. The van der Waals surface area contributed by atoms with E-state index < -0.39 is 0 Å². The Balaban J connectivity index is 1.22. The van der Waals surface area contributed by atoms with Crippen LogP contribution in [0.1, 0.15) is 121 Å². The monoisotopic (exact) mass is 707 g/mol. The predicted octanol–water partition coefficient (Wildman–Crippen LogP) is 15.4. The minimum Gasteiger partial charge on any atom is -0.310 e. The maximum Gasteiger partial charge on any atom is 0.0467 e. The van der Waals surface area contributed by atoms with Crippen molar-refractivity contribution in [3.8, 4) is 33.4 Å². The molecule has 0 N–H and O–H groups in total. The van der Waals surface area contributed by atoms with Gasteiger partial charge in [0, 0.05) is 22.5 Å². The third-order valence-corrected chi connectivity index (χ3v) is 12.4. The van der Waals surface area contributed by atoms with Gasteiger partial charge in [-0.05, 0) is 127 Å². The van der Waals surface area contributed by atoms with Gasteiger partial charge in [-0.1, -0.05) is 172 Å². The summed E-state index contributed by atoms with van der Waals surface area (Å²) in [6.45, 7) is 18.6. The van der Waals surface area contributed by atoms with Gasteiger partial charge in [-0.3, -0.25) is 0 Å². The molecule has 0 saturated heterocycles. The highest BCUT2D eigenvalue weighted by molar-refractivity contribution is 5.87. The summed E-state index contributed by atoms with van der Waals surface area (Å²) < 4.78 is 0. The first-order valence-corrected chi connectivity index (χ1v) is 20.3. The molecule has 54 heavy (non-hydrogen) atoms. The minimum atomic E-state index is -0.0811. The van der Waals surface area contributed by atoms with Crippen LogP contribution in [-0.4, -0.2) is 0 Å². The molecule has 6 aromatic carbocycles. The van der Waals surface area contributed by atoms with Crippen LogP contribution in [-0.2, 0) is 16.2 Å². The van der Waals surface area contributed by atoms with Crippen LogP contribution in [0.25, 0.3) is 33.4 Å². The Morgan fingerprint density at radius 1 is 0.463 bits per heavy atom. The summed E-state index contributed by atoms with van der Waals surface area (Å²) in [6.07, 6.45) is 6.75. The van der Waals surface area contributed by atoms with Crippen molar-refractivity contribution in [2.75, 3.05) is 4.90 Å². The Kier molecular flexibility index (Phi) is 9.20. The molecule has 0 atom stereocenters. The molecule has 1 heteroatoms. The van der Waals surface area contributed by atoms with Crippen LogP contribution in [0, 0.1) is 0 Å². The fourth-order valence-corrected chi connectivity index (χ4v) is 8.95. The summed E-state index contributed by atoms with van der Waals surface area (Å²) >= 11 is 0. The number of hydrogen-bond donors (Lipinski definition) is 0. The summed E-state index contributed by atoms with van der Waals surface area (Å²) in [6, 6.07) is 51.1. The molecule has 0 heterocycles. The Bertz CT molecular complexity index is 2250. The molecular weight excluding hydrogens is 651 g/mol. The fourth-order valence-electron chi connectivity index (χ4n) is 8.95. The molecular formula is C53H57N. The van der Waals surface area contributed by atoms with Crippen LogP contribution >= 0.6 is 0 Å². The second kappa shape index (κ2) is 13.8. The lowest BCUT2D eigenvalue weighted by Gasteiger charge is -2.29. The number of fused-ring (bicyclic) bond motifs is 3. The lowest BCUT2D eigenvalue weighted by Crippen LogP contribution is -2.16. The van der Waals surface area contributed by atoms with Crippen molar-refractivity contribution in [3.05, 3.63) is 161 Å². The van der Waals surface area contributed by atoms with Crippen molar-refractivity contribution in [1.82, 2.24) is 0 Å². The van der Waals surface area contributed by atoms with E-state index in [1.54, 1.807) is 0 Å². The number of nitrogens with zero attached hydrogens (tertiary/aromatic N) is 1. The maximum absolute atomic E-state index is 2.45. The molecule has 1 fully saturated rings. The fraction of sp³-hybridized carbons (Fsp3) is 0.321. The average Bonchev–Trinajstić information content (AvgIpc) is 3.40. The Hall–Kier alpha value is -4.88. The van der Waals surface area contributed by atoms with Crippen molar-refractivity contribution in [2.45, 2.75) is 110 Å². The Morgan fingerprint density at radius 2 is 1.04 bits per heavy atom. The normalized spacial score (nSPS) is 15.5. The highest BCUT2D eigenvalue weighted by Crippen LogP contribution is 2.51. The molecule has 274 valence electrons. The van der Waals surface area contributed by atoms with Crippen molar-refractivity contribution in [1.29, 1.82) is 0 Å². The smallest absolute Gasteiger partial charge is 0.0467 e. The second-order valence-electron chi connectivity index (χ2n) is 18.6. The quantitative estimate of drug-likeness (QED) is 0.167. The van der Waals surface area contributed by atoms with Gasteiger partial charge >= 0.3 is 0 Å². The van der Waals surface area contributed by atoms with Crippen LogP contribution in [0.15, 0.2) is 133 Å². The average molecular weight is 708 g/mol. The predicted molar refractivity (Wildman–Crippen MR) is 233 cm³/mol. The summed E-state index contributed by atoms with van der Waals surface area (Å²) in [5, 5.41) is 0. The summed E-state index contributed by atoms with van der Waals surface area (Å²) in [4.78, 5) is 2.45. The van der Waals surface area contributed by atoms with Gasteiger partial charge in [0.25, 0.3) is 0 Å². The van der Waals surface area contributed by atoms with Crippen LogP contribution in [0.4, 0.5) is 17.1 Å². The molecule has 2 aliphatic carbocycles. The molecule has 1 saturated carbocycles. The zero-order valence-corrected chi connectivity index (χ0v) is 33.8. The topological polar surface area (TPSA) is 3.24 Å². The van der Waals surface area contributed by atoms with E-state index in [9.17, 15) is 0 Å². The molecule has 0 spiro atoms. The van der Waals surface area contributed by atoms with Gasteiger partial charge in [0.1, 0.15) is 0 Å². The van der Waals surface area contributed by atoms with Gasteiger partial charge < -0.3 is 4.90 Å². The lowest BCUT2D eigenvalue weighted by molar-refractivity contribution is 0.443. The Labute approximate surface area is 325 Å². The molecule has 1 nitrogen and oxygen atoms in total. The molecule has 2 aliphatic rings. The van der Waals surface area contributed by atoms with E-state index in [1.165, 1.54) is 99.0 Å². The minimum absolute atomic E-state index is 0.0644. The number of hydrogen-bond acceptors (Lipinski definition) is 1. The molecule has 6 aromatic rings. The number of anilines is 3. The first kappa shape index (κ1) is 36.1. The van der Waals surface area contributed by atoms with Crippen LogP contribution in [0.5, 0.6) is 0 Å². The van der Waals surface area contributed by atoms with Crippen LogP contribution < -0.4 is 4.90 Å². The van der Waals surface area contributed by atoms with E-state index in [0.29, 0.717) is 5.92 Å². The third kappa shape index (κ3) is 6.83. The third-order valence-electron chi connectivity index (χ3n) is 12.4. The van der Waals surface area contributed by atoms with Gasteiger partial charge in [-0.25, -0.2) is 0 Å². The van der Waals surface area contributed by atoms with Gasteiger partial charge in [0.15, 0.2) is 0 Å². The zero-order valence-electron chi connectivity index (χ0n) is 33.8. The standard InChI is InChI=1S/C53H57N/c1-51(2,3)42-31-41(32-43(34-42)52(4,5)6)39-25-27-44(28-26-39)54(46-29-30-48-47-19-12-13-20-49(47)53(7,8)50(48)35-46)45-18-14-17-40(33-45)38-23-21-37(22-24-38)36-15-10-9-11-16-36/h12-14,17-36H,9-11,15-16H2,1-8H3. The molecule has 0 radical (unpaired) electrons. The molecule has 0 aliphatic heterocycles. The Morgan fingerprint density at radius 3 is 1.70 bits per heavy atom. The van der Waals surface area contributed by atoms with E-state index in [4.69, 9.17) is 0 Å². The van der Waals surface area contributed by atoms with E-state index in [-0.39, 0.29) is 16.2 Å². The number of benzene rings is 6. The molecule has 0 bridgehead atoms. The van der Waals surface area contributed by atoms with Crippen molar-refractivity contribution in [3.63, 3.8) is 0 Å². The lowest BCUT2D eigenvalue weighted by atomic mass is 9.79. The van der Waals surface area contributed by atoms with Gasteiger partial charge in [0.05, 0.1) is 0 Å². The van der Waals surface area contributed by atoms with Gasteiger partial charge in [-0.15, -0.1) is 0 Å². The van der Waals surface area contributed by atoms with E-state index >= 15 is 0 Å². The molecule has 8 rings (SSSR count). The van der Waals surface area contributed by atoms with Crippen molar-refractivity contribution >= 4 is 17.1 Å². The first-order valence-electron chi connectivity index (χ1n) is 20.3. The van der Waals surface area contributed by atoms with E-state index in [0.717, 1.165) is 11.4 Å². The van der Waals surface area contributed by atoms with Gasteiger partial charge in [0.2, 0.25) is 0 Å². The highest BCUT2D eigenvalue weighted by Gasteiger charge is 2.35. The first-order chi connectivity index (χ1) is 25.8. The largest absolute Gasteiger partial charge is 0.310 e. The SMILES string of the molecule is CC(C)(C)c1cc(-c2ccc(N(c3cccc(-c4ccc(C5CCCCC5)cc4)c3)c3ccc4c(c3)C(C)(C)c3ccccc3-4)cc2)cc(C(C)(C)C)c1. The summed E-state index contributed by atoms with van der Waals surface area (Å²) in [5.74, 6) is 0.712. The maximum atomic E-state index is 2.45. The van der Waals surface area contributed by atoms with Crippen LogP contribution in [0.2, 0.25) is 0 Å².